The molecule has 132 valence electrons. The molecule has 0 saturated carbocycles. The van der Waals surface area contributed by atoms with Crippen LogP contribution in [0.3, 0.4) is 0 Å². The maximum atomic E-state index is 12.2. The van der Waals surface area contributed by atoms with Crippen LogP contribution >= 0.6 is 23.5 Å². The quantitative estimate of drug-likeness (QED) is 0.630. The first kappa shape index (κ1) is 18.9. The molecular weight excluding hydrogens is 358 g/mol. The van der Waals surface area contributed by atoms with Gasteiger partial charge in [-0.2, -0.15) is 23.5 Å². The SMILES string of the molecule is CCN(C(=O)COC(=O)CC1CSCCS1)C1CCS(=O)(=O)C1. The van der Waals surface area contributed by atoms with E-state index in [1.54, 1.807) is 18.7 Å². The second kappa shape index (κ2) is 8.62. The summed E-state index contributed by atoms with van der Waals surface area (Å²) in [5.74, 6) is 2.57. The Balaban J connectivity index is 1.77. The molecule has 2 heterocycles. The molecule has 9 heteroatoms. The maximum Gasteiger partial charge on any atom is 0.307 e. The molecule has 0 radical (unpaired) electrons. The highest BCUT2D eigenvalue weighted by Crippen LogP contribution is 2.26. The van der Waals surface area contributed by atoms with Gasteiger partial charge in [-0.05, 0) is 13.3 Å². The smallest absolute Gasteiger partial charge is 0.307 e. The molecule has 23 heavy (non-hydrogen) atoms. The summed E-state index contributed by atoms with van der Waals surface area (Å²) >= 11 is 3.61. The van der Waals surface area contributed by atoms with Gasteiger partial charge in [0, 0.05) is 35.1 Å². The summed E-state index contributed by atoms with van der Waals surface area (Å²) in [7, 11) is -3.04. The van der Waals surface area contributed by atoms with E-state index < -0.39 is 9.84 Å². The van der Waals surface area contributed by atoms with Crippen LogP contribution in [0.4, 0.5) is 0 Å². The van der Waals surface area contributed by atoms with Gasteiger partial charge in [0.15, 0.2) is 16.4 Å². The van der Waals surface area contributed by atoms with E-state index in [0.29, 0.717) is 19.4 Å². The van der Waals surface area contributed by atoms with Crippen molar-refractivity contribution < 1.29 is 22.7 Å². The van der Waals surface area contributed by atoms with Crippen molar-refractivity contribution in [1.82, 2.24) is 4.90 Å². The molecule has 0 aromatic rings. The lowest BCUT2D eigenvalue weighted by Crippen LogP contribution is -2.43. The maximum absolute atomic E-state index is 12.2. The highest BCUT2D eigenvalue weighted by Gasteiger charge is 2.34. The van der Waals surface area contributed by atoms with Gasteiger partial charge in [-0.25, -0.2) is 8.42 Å². The zero-order valence-corrected chi connectivity index (χ0v) is 15.7. The number of ether oxygens (including phenoxy) is 1. The molecule has 0 aromatic heterocycles. The van der Waals surface area contributed by atoms with Crippen molar-refractivity contribution in [2.75, 3.05) is 41.9 Å². The monoisotopic (exact) mass is 381 g/mol. The Kier molecular flexibility index (Phi) is 7.09. The Labute approximate surface area is 146 Å². The van der Waals surface area contributed by atoms with E-state index in [9.17, 15) is 18.0 Å². The minimum absolute atomic E-state index is 0.0104. The number of carbonyl (C=O) groups is 2. The fourth-order valence-corrected chi connectivity index (χ4v) is 7.18. The normalized spacial score (nSPS) is 26.7. The minimum Gasteiger partial charge on any atom is -0.456 e. The van der Waals surface area contributed by atoms with Crippen molar-refractivity contribution in [2.24, 2.45) is 0 Å². The summed E-state index contributed by atoms with van der Waals surface area (Å²) in [6, 6.07) is -0.290. The lowest BCUT2D eigenvalue weighted by atomic mass is 10.2. The Bertz CT molecular complexity index is 531. The molecule has 0 aliphatic carbocycles. The topological polar surface area (TPSA) is 80.8 Å². The molecule has 2 fully saturated rings. The number of amides is 1. The van der Waals surface area contributed by atoms with Crippen molar-refractivity contribution >= 4 is 45.2 Å². The van der Waals surface area contributed by atoms with Gasteiger partial charge in [0.25, 0.3) is 5.91 Å². The predicted molar refractivity (Wildman–Crippen MR) is 93.6 cm³/mol. The molecule has 2 rings (SSSR count). The zero-order valence-electron chi connectivity index (χ0n) is 13.2. The number of esters is 1. The van der Waals surface area contributed by atoms with Crippen molar-refractivity contribution in [3.8, 4) is 0 Å². The molecule has 2 saturated heterocycles. The van der Waals surface area contributed by atoms with Crippen LogP contribution in [0.5, 0.6) is 0 Å². The van der Waals surface area contributed by atoms with Gasteiger partial charge in [-0.1, -0.05) is 0 Å². The first-order chi connectivity index (χ1) is 10.9. The van der Waals surface area contributed by atoms with Crippen LogP contribution in [0.25, 0.3) is 0 Å². The number of nitrogens with zero attached hydrogens (tertiary/aromatic N) is 1. The summed E-state index contributed by atoms with van der Waals surface area (Å²) in [6.07, 6.45) is 0.792. The standard InChI is InChI=1S/C14H23NO5S3/c1-2-15(11-3-6-23(18,19)10-11)13(16)8-20-14(17)7-12-9-21-4-5-22-12/h11-12H,2-10H2,1H3. The summed E-state index contributed by atoms with van der Waals surface area (Å²) in [4.78, 5) is 25.6. The van der Waals surface area contributed by atoms with Gasteiger partial charge in [0.2, 0.25) is 0 Å². The lowest BCUT2D eigenvalue weighted by Gasteiger charge is -2.26. The van der Waals surface area contributed by atoms with Crippen LogP contribution in [-0.2, 0) is 24.2 Å². The molecule has 2 aliphatic heterocycles. The highest BCUT2D eigenvalue weighted by molar-refractivity contribution is 8.06. The molecule has 2 atom stereocenters. The molecule has 6 nitrogen and oxygen atoms in total. The summed E-state index contributed by atoms with van der Waals surface area (Å²) in [5, 5.41) is 0.263. The summed E-state index contributed by atoms with van der Waals surface area (Å²) in [6.45, 7) is 1.93. The van der Waals surface area contributed by atoms with Gasteiger partial charge in [0.1, 0.15) is 0 Å². The molecule has 0 N–H and O–H groups in total. The molecule has 1 amide bonds. The van der Waals surface area contributed by atoms with Gasteiger partial charge < -0.3 is 9.64 Å². The van der Waals surface area contributed by atoms with E-state index in [1.165, 1.54) is 4.90 Å². The Hall–Kier alpha value is -0.410. The summed E-state index contributed by atoms with van der Waals surface area (Å²) < 4.78 is 28.2. The van der Waals surface area contributed by atoms with Crippen LogP contribution in [0.2, 0.25) is 0 Å². The van der Waals surface area contributed by atoms with Crippen LogP contribution < -0.4 is 0 Å². The lowest BCUT2D eigenvalue weighted by molar-refractivity contribution is -0.152. The summed E-state index contributed by atoms with van der Waals surface area (Å²) in [5.41, 5.74) is 0. The average molecular weight is 382 g/mol. The second-order valence-corrected chi connectivity index (χ2v) is 10.5. The van der Waals surface area contributed by atoms with Crippen molar-refractivity contribution in [3.63, 3.8) is 0 Å². The van der Waals surface area contributed by atoms with Crippen LogP contribution in [0.1, 0.15) is 19.8 Å². The third-order valence-corrected chi connectivity index (χ3v) is 8.54. The minimum atomic E-state index is -3.04. The highest BCUT2D eigenvalue weighted by atomic mass is 32.2. The third-order valence-electron chi connectivity index (χ3n) is 3.95. The van der Waals surface area contributed by atoms with Crippen LogP contribution in [0.15, 0.2) is 0 Å². The molecule has 2 aliphatic rings. The first-order valence-electron chi connectivity index (χ1n) is 7.76. The van der Waals surface area contributed by atoms with E-state index in [0.717, 1.165) is 17.3 Å². The fourth-order valence-electron chi connectivity index (χ4n) is 2.78. The van der Waals surface area contributed by atoms with E-state index in [1.807, 2.05) is 11.8 Å². The van der Waals surface area contributed by atoms with E-state index in [4.69, 9.17) is 4.74 Å². The van der Waals surface area contributed by atoms with Crippen molar-refractivity contribution in [3.05, 3.63) is 0 Å². The number of rotatable bonds is 6. The van der Waals surface area contributed by atoms with Gasteiger partial charge in [-0.3, -0.25) is 9.59 Å². The Morgan fingerprint density at radius 2 is 2.09 bits per heavy atom. The van der Waals surface area contributed by atoms with E-state index in [-0.39, 0.29) is 41.3 Å². The Morgan fingerprint density at radius 3 is 2.65 bits per heavy atom. The average Bonchev–Trinajstić information content (AvgIpc) is 2.87. The molecule has 0 spiro atoms. The number of hydrogen-bond acceptors (Lipinski definition) is 7. The van der Waals surface area contributed by atoms with Crippen LogP contribution in [-0.4, -0.2) is 78.4 Å². The predicted octanol–water partition coefficient (Wildman–Crippen LogP) is 0.804. The second-order valence-electron chi connectivity index (χ2n) is 5.67. The van der Waals surface area contributed by atoms with E-state index >= 15 is 0 Å². The third kappa shape index (κ3) is 5.86. The number of sulfone groups is 1. The zero-order chi connectivity index (χ0) is 16.9. The number of carbonyl (C=O) groups excluding carboxylic acids is 2. The Morgan fingerprint density at radius 1 is 1.30 bits per heavy atom. The van der Waals surface area contributed by atoms with Crippen molar-refractivity contribution in [2.45, 2.75) is 31.1 Å². The largest absolute Gasteiger partial charge is 0.456 e. The van der Waals surface area contributed by atoms with Crippen molar-refractivity contribution in [1.29, 1.82) is 0 Å². The van der Waals surface area contributed by atoms with Gasteiger partial charge >= 0.3 is 5.97 Å². The van der Waals surface area contributed by atoms with Gasteiger partial charge in [0.05, 0.1) is 17.9 Å². The molecule has 0 aromatic carbocycles. The first-order valence-corrected chi connectivity index (χ1v) is 11.8. The molecular formula is C14H23NO5S3. The number of likely N-dealkylation sites (N-methyl/N-ethyl adjacent to an activating group) is 1. The number of hydrogen-bond donors (Lipinski definition) is 0. The van der Waals surface area contributed by atoms with Crippen LogP contribution in [0, 0.1) is 0 Å². The molecule has 2 unspecified atom stereocenters. The fraction of sp³-hybridized carbons (Fsp3) is 0.857. The number of thioether (sulfide) groups is 2. The van der Waals surface area contributed by atoms with E-state index in [2.05, 4.69) is 0 Å². The van der Waals surface area contributed by atoms with Gasteiger partial charge in [-0.15, -0.1) is 0 Å². The molecule has 0 bridgehead atoms.